The molecule has 7 heteroatoms. The molecule has 0 saturated carbocycles. The van der Waals surface area contributed by atoms with Crippen LogP contribution in [0.3, 0.4) is 0 Å². The summed E-state index contributed by atoms with van der Waals surface area (Å²) in [4.78, 5) is 21.6. The lowest BCUT2D eigenvalue weighted by molar-refractivity contribution is -0.00937. The third-order valence-electron chi connectivity index (χ3n) is 3.72. The summed E-state index contributed by atoms with van der Waals surface area (Å²) in [5.74, 6) is 0.723. The minimum Gasteiger partial charge on any atom is -0.394 e. The molecule has 1 saturated heterocycles. The molecule has 0 atom stereocenters. The first-order valence-electron chi connectivity index (χ1n) is 7.17. The molecule has 6 nitrogen and oxygen atoms in total. The van der Waals surface area contributed by atoms with Gasteiger partial charge in [-0.05, 0) is 24.3 Å². The number of aromatic amines is 1. The van der Waals surface area contributed by atoms with Gasteiger partial charge in [0.25, 0.3) is 5.56 Å². The maximum absolute atomic E-state index is 11.9. The van der Waals surface area contributed by atoms with Gasteiger partial charge >= 0.3 is 0 Å². The number of aliphatic hydroxyl groups is 1. The van der Waals surface area contributed by atoms with Crippen molar-refractivity contribution in [3.05, 3.63) is 27.6 Å². The van der Waals surface area contributed by atoms with E-state index in [9.17, 15) is 4.79 Å². The summed E-state index contributed by atoms with van der Waals surface area (Å²) in [7, 11) is 0. The SMILES string of the molecule is O=c1[nH]c(CN2CCC(OCCO)CC2)nc2ccsc12. The fourth-order valence-corrected chi connectivity index (χ4v) is 3.39. The van der Waals surface area contributed by atoms with E-state index in [-0.39, 0.29) is 18.3 Å². The number of likely N-dealkylation sites (tertiary alicyclic amines) is 1. The van der Waals surface area contributed by atoms with E-state index in [1.54, 1.807) is 0 Å². The molecule has 0 bridgehead atoms. The van der Waals surface area contributed by atoms with E-state index in [1.165, 1.54) is 11.3 Å². The lowest BCUT2D eigenvalue weighted by Crippen LogP contribution is -2.37. The molecule has 0 spiro atoms. The van der Waals surface area contributed by atoms with E-state index < -0.39 is 0 Å². The van der Waals surface area contributed by atoms with Crippen LogP contribution in [0.15, 0.2) is 16.2 Å². The number of aromatic nitrogens is 2. The number of piperidine rings is 1. The number of ether oxygens (including phenoxy) is 1. The standard InChI is InChI=1S/C14H19N3O3S/c18-6-7-20-10-1-4-17(5-2-10)9-12-15-11-3-8-21-13(11)14(19)16-12/h3,8,10,18H,1-2,4-7,9H2,(H,15,16,19). The van der Waals surface area contributed by atoms with Crippen molar-refractivity contribution in [1.82, 2.24) is 14.9 Å². The first-order valence-corrected chi connectivity index (χ1v) is 8.05. The van der Waals surface area contributed by atoms with Crippen LogP contribution in [-0.2, 0) is 11.3 Å². The summed E-state index contributed by atoms with van der Waals surface area (Å²) in [6, 6.07) is 1.88. The van der Waals surface area contributed by atoms with Crippen LogP contribution >= 0.6 is 11.3 Å². The molecule has 3 rings (SSSR count). The van der Waals surface area contributed by atoms with Crippen LogP contribution in [-0.4, -0.2) is 52.4 Å². The van der Waals surface area contributed by atoms with Gasteiger partial charge in [-0.3, -0.25) is 9.69 Å². The Hall–Kier alpha value is -1.28. The molecule has 2 aromatic heterocycles. The number of fused-ring (bicyclic) bond motifs is 1. The monoisotopic (exact) mass is 309 g/mol. The van der Waals surface area contributed by atoms with Crippen molar-refractivity contribution in [2.24, 2.45) is 0 Å². The number of aliphatic hydroxyl groups excluding tert-OH is 1. The van der Waals surface area contributed by atoms with Crippen molar-refractivity contribution >= 4 is 21.6 Å². The summed E-state index contributed by atoms with van der Waals surface area (Å²) in [5.41, 5.74) is 0.728. The van der Waals surface area contributed by atoms with Gasteiger partial charge in [0.2, 0.25) is 0 Å². The predicted octanol–water partition coefficient (Wildman–Crippen LogP) is 0.958. The number of hydrogen-bond donors (Lipinski definition) is 2. The van der Waals surface area contributed by atoms with Crippen LogP contribution in [0.1, 0.15) is 18.7 Å². The van der Waals surface area contributed by atoms with E-state index in [0.717, 1.165) is 37.3 Å². The quantitative estimate of drug-likeness (QED) is 0.860. The predicted molar refractivity (Wildman–Crippen MR) is 81.6 cm³/mol. The topological polar surface area (TPSA) is 78.5 Å². The lowest BCUT2D eigenvalue weighted by Gasteiger charge is -2.31. The first-order chi connectivity index (χ1) is 10.3. The van der Waals surface area contributed by atoms with Crippen LogP contribution in [0.4, 0.5) is 0 Å². The van der Waals surface area contributed by atoms with Crippen molar-refractivity contribution in [2.75, 3.05) is 26.3 Å². The summed E-state index contributed by atoms with van der Waals surface area (Å²) < 4.78 is 6.24. The van der Waals surface area contributed by atoms with Crippen molar-refractivity contribution in [1.29, 1.82) is 0 Å². The second kappa shape index (κ2) is 6.65. The zero-order valence-electron chi connectivity index (χ0n) is 11.7. The molecule has 0 aliphatic carbocycles. The number of rotatable bonds is 5. The Bertz CT molecular complexity index is 646. The van der Waals surface area contributed by atoms with Gasteiger partial charge in [0.15, 0.2) is 0 Å². The van der Waals surface area contributed by atoms with Gasteiger partial charge in [0.1, 0.15) is 10.5 Å². The zero-order chi connectivity index (χ0) is 14.7. The van der Waals surface area contributed by atoms with Crippen molar-refractivity contribution in [2.45, 2.75) is 25.5 Å². The van der Waals surface area contributed by atoms with E-state index >= 15 is 0 Å². The number of nitrogens with one attached hydrogen (secondary N) is 1. The number of H-pyrrole nitrogens is 1. The maximum Gasteiger partial charge on any atom is 0.268 e. The molecule has 2 aromatic rings. The molecule has 1 aliphatic rings. The molecule has 3 heterocycles. The highest BCUT2D eigenvalue weighted by Gasteiger charge is 2.20. The lowest BCUT2D eigenvalue weighted by atomic mass is 10.1. The van der Waals surface area contributed by atoms with Gasteiger partial charge < -0.3 is 14.8 Å². The number of nitrogens with zero attached hydrogens (tertiary/aromatic N) is 2. The Labute approximate surface area is 126 Å². The third kappa shape index (κ3) is 3.49. The fourth-order valence-electron chi connectivity index (χ4n) is 2.66. The molecular formula is C14H19N3O3S. The van der Waals surface area contributed by atoms with Crippen molar-refractivity contribution in [3.63, 3.8) is 0 Å². The first kappa shape index (κ1) is 14.6. The Balaban J connectivity index is 1.60. The maximum atomic E-state index is 11.9. The van der Waals surface area contributed by atoms with Crippen molar-refractivity contribution < 1.29 is 9.84 Å². The molecule has 2 N–H and O–H groups in total. The normalized spacial score (nSPS) is 17.6. The van der Waals surface area contributed by atoms with Crippen LogP contribution < -0.4 is 5.56 Å². The van der Waals surface area contributed by atoms with E-state index in [2.05, 4.69) is 14.9 Å². The van der Waals surface area contributed by atoms with Crippen LogP contribution in [0, 0.1) is 0 Å². The molecule has 0 amide bonds. The van der Waals surface area contributed by atoms with Gasteiger partial charge in [0, 0.05) is 13.1 Å². The van der Waals surface area contributed by atoms with Crippen LogP contribution in [0.2, 0.25) is 0 Å². The summed E-state index contributed by atoms with van der Waals surface area (Å²) >= 11 is 1.42. The minimum absolute atomic E-state index is 0.0498. The molecule has 1 aliphatic heterocycles. The van der Waals surface area contributed by atoms with E-state index in [1.807, 2.05) is 11.4 Å². The minimum atomic E-state index is -0.0498. The average molecular weight is 309 g/mol. The zero-order valence-corrected chi connectivity index (χ0v) is 12.6. The largest absolute Gasteiger partial charge is 0.394 e. The second-order valence-electron chi connectivity index (χ2n) is 5.22. The molecule has 1 fully saturated rings. The number of hydrogen-bond acceptors (Lipinski definition) is 6. The average Bonchev–Trinajstić information content (AvgIpc) is 2.95. The Morgan fingerprint density at radius 2 is 2.29 bits per heavy atom. The van der Waals surface area contributed by atoms with Crippen molar-refractivity contribution in [3.8, 4) is 0 Å². The number of thiophene rings is 1. The Morgan fingerprint density at radius 1 is 1.48 bits per heavy atom. The molecular weight excluding hydrogens is 290 g/mol. The summed E-state index contributed by atoms with van der Waals surface area (Å²) in [6.07, 6.45) is 2.13. The highest BCUT2D eigenvalue weighted by atomic mass is 32.1. The highest BCUT2D eigenvalue weighted by Crippen LogP contribution is 2.17. The van der Waals surface area contributed by atoms with E-state index in [0.29, 0.717) is 17.9 Å². The van der Waals surface area contributed by atoms with E-state index in [4.69, 9.17) is 9.84 Å². The van der Waals surface area contributed by atoms with Gasteiger partial charge in [-0.1, -0.05) is 0 Å². The second-order valence-corrected chi connectivity index (χ2v) is 6.13. The van der Waals surface area contributed by atoms with Gasteiger partial charge in [-0.25, -0.2) is 4.98 Å². The molecule has 0 radical (unpaired) electrons. The van der Waals surface area contributed by atoms with Gasteiger partial charge in [0.05, 0.1) is 31.4 Å². The fraction of sp³-hybridized carbons (Fsp3) is 0.571. The van der Waals surface area contributed by atoms with Crippen LogP contribution in [0.5, 0.6) is 0 Å². The molecule has 0 unspecified atom stereocenters. The smallest absolute Gasteiger partial charge is 0.268 e. The summed E-state index contributed by atoms with van der Waals surface area (Å²) in [5, 5.41) is 10.7. The molecule has 21 heavy (non-hydrogen) atoms. The van der Waals surface area contributed by atoms with Gasteiger partial charge in [-0.15, -0.1) is 11.3 Å². The summed E-state index contributed by atoms with van der Waals surface area (Å²) in [6.45, 7) is 2.98. The van der Waals surface area contributed by atoms with Gasteiger partial charge in [-0.2, -0.15) is 0 Å². The Kier molecular flexibility index (Phi) is 4.64. The molecule has 114 valence electrons. The Morgan fingerprint density at radius 3 is 3.05 bits per heavy atom. The third-order valence-corrected chi connectivity index (χ3v) is 4.62. The molecule has 0 aromatic carbocycles. The highest BCUT2D eigenvalue weighted by molar-refractivity contribution is 7.17. The van der Waals surface area contributed by atoms with Crippen LogP contribution in [0.25, 0.3) is 10.2 Å².